The highest BCUT2D eigenvalue weighted by Crippen LogP contribution is 2.47. The highest BCUT2D eigenvalue weighted by Gasteiger charge is 2.57. The van der Waals surface area contributed by atoms with E-state index in [-0.39, 0.29) is 37.2 Å². The van der Waals surface area contributed by atoms with Gasteiger partial charge in [0.05, 0.1) is 11.5 Å². The van der Waals surface area contributed by atoms with Crippen LogP contribution in [-0.2, 0) is 19.8 Å². The molecule has 0 unspecified atom stereocenters. The van der Waals surface area contributed by atoms with E-state index in [2.05, 4.69) is 26.6 Å². The molecule has 1 saturated heterocycles. The molecule has 2 aliphatic heterocycles. The number of nitrogens with one attached hydrogen (secondary N) is 2. The quantitative estimate of drug-likeness (QED) is 0.606. The average Bonchev–Trinajstić information content (AvgIpc) is 3.13. The van der Waals surface area contributed by atoms with Gasteiger partial charge in [0.2, 0.25) is 17.7 Å². The maximum absolute atomic E-state index is 13.2. The van der Waals surface area contributed by atoms with E-state index in [4.69, 9.17) is 5.73 Å². The molecule has 0 radical (unpaired) electrons. The van der Waals surface area contributed by atoms with E-state index in [0.29, 0.717) is 18.0 Å². The largest absolute Gasteiger partial charge is 0.368 e. The number of amides is 3. The molecule has 2 heterocycles. The van der Waals surface area contributed by atoms with Crippen LogP contribution in [0.1, 0.15) is 32.3 Å². The summed E-state index contributed by atoms with van der Waals surface area (Å²) in [4.78, 5) is 39.7. The first-order valence-corrected chi connectivity index (χ1v) is 9.87. The van der Waals surface area contributed by atoms with Crippen LogP contribution < -0.4 is 16.4 Å². The molecule has 1 aromatic rings. The van der Waals surface area contributed by atoms with Crippen LogP contribution in [0, 0.1) is 5.92 Å². The summed E-state index contributed by atoms with van der Waals surface area (Å²) in [5.74, 6) is -0.664. The van der Waals surface area contributed by atoms with Crippen molar-refractivity contribution in [2.45, 2.75) is 44.2 Å². The molecule has 4 N–H and O–H groups in total. The monoisotopic (exact) mass is 472 g/mol. The Bertz CT molecular complexity index is 803. The van der Waals surface area contributed by atoms with Crippen LogP contribution in [0.15, 0.2) is 22.7 Å². The third-order valence-electron chi connectivity index (χ3n) is 5.50. The first kappa shape index (κ1) is 22.6. The zero-order valence-corrected chi connectivity index (χ0v) is 18.5. The zero-order chi connectivity index (χ0) is 19.9. The lowest BCUT2D eigenvalue weighted by Crippen LogP contribution is -2.51. The average molecular weight is 474 g/mol. The van der Waals surface area contributed by atoms with Crippen molar-refractivity contribution in [3.63, 3.8) is 0 Å². The van der Waals surface area contributed by atoms with Crippen LogP contribution in [0.2, 0.25) is 0 Å². The summed E-state index contributed by atoms with van der Waals surface area (Å²) in [6, 6.07) is 4.32. The van der Waals surface area contributed by atoms with Gasteiger partial charge in [0.1, 0.15) is 6.04 Å². The summed E-state index contributed by atoms with van der Waals surface area (Å²) in [6.07, 6.45) is 0.833. The number of benzene rings is 1. The first-order valence-electron chi connectivity index (χ1n) is 9.08. The fraction of sp³-hybridized carbons (Fsp3) is 0.526. The molecule has 2 aliphatic rings. The summed E-state index contributed by atoms with van der Waals surface area (Å²) >= 11 is 3.44. The molecular formula is C19H26BrClN4O3. The van der Waals surface area contributed by atoms with E-state index in [1.54, 1.807) is 7.05 Å². The standard InChI is InChI=1S/C19H25BrN4O3.ClH/c1-10(2)6-14(22-3)17(26)24-9-19(8-15(24)16(21)25)12-7-11(20)4-5-13(12)23-18(19)27;/h4-5,7,10,14-15,22H,6,8-9H2,1-3H3,(H2,21,25)(H,23,27);1H/t14-,15-,19-;/m0./s1. The lowest BCUT2D eigenvalue weighted by Gasteiger charge is -2.28. The number of rotatable bonds is 5. The summed E-state index contributed by atoms with van der Waals surface area (Å²) in [5.41, 5.74) is 6.18. The van der Waals surface area contributed by atoms with E-state index in [9.17, 15) is 14.4 Å². The van der Waals surface area contributed by atoms with Crippen molar-refractivity contribution in [2.24, 2.45) is 11.7 Å². The summed E-state index contributed by atoms with van der Waals surface area (Å²) < 4.78 is 0.838. The summed E-state index contributed by atoms with van der Waals surface area (Å²) in [6.45, 7) is 4.21. The number of carbonyl (C=O) groups excluding carboxylic acids is 3. The molecule has 3 rings (SSSR count). The van der Waals surface area contributed by atoms with Crippen molar-refractivity contribution in [3.05, 3.63) is 28.2 Å². The van der Waals surface area contributed by atoms with Crippen LogP contribution in [0.4, 0.5) is 5.69 Å². The van der Waals surface area contributed by atoms with E-state index in [1.165, 1.54) is 4.90 Å². The van der Waals surface area contributed by atoms with Crippen LogP contribution in [0.5, 0.6) is 0 Å². The minimum absolute atomic E-state index is 0. The Morgan fingerprint density at radius 2 is 2.11 bits per heavy atom. The minimum Gasteiger partial charge on any atom is -0.368 e. The van der Waals surface area contributed by atoms with E-state index in [0.717, 1.165) is 10.0 Å². The van der Waals surface area contributed by atoms with Gasteiger partial charge >= 0.3 is 0 Å². The van der Waals surface area contributed by atoms with Gasteiger partial charge in [-0.3, -0.25) is 14.4 Å². The second kappa shape index (κ2) is 8.39. The van der Waals surface area contributed by atoms with Crippen LogP contribution >= 0.6 is 28.3 Å². The summed E-state index contributed by atoms with van der Waals surface area (Å²) in [5, 5.41) is 5.92. The van der Waals surface area contributed by atoms with Gasteiger partial charge in [-0.25, -0.2) is 0 Å². The second-order valence-electron chi connectivity index (χ2n) is 7.79. The first-order chi connectivity index (χ1) is 12.7. The van der Waals surface area contributed by atoms with E-state index in [1.807, 2.05) is 32.0 Å². The van der Waals surface area contributed by atoms with Crippen molar-refractivity contribution < 1.29 is 14.4 Å². The van der Waals surface area contributed by atoms with Crippen molar-refractivity contribution in [1.29, 1.82) is 0 Å². The van der Waals surface area contributed by atoms with Gasteiger partial charge in [-0.05, 0) is 49.6 Å². The fourth-order valence-electron chi connectivity index (χ4n) is 4.15. The maximum Gasteiger partial charge on any atom is 0.240 e. The Labute approximate surface area is 179 Å². The second-order valence-corrected chi connectivity index (χ2v) is 8.70. The maximum atomic E-state index is 13.2. The number of likely N-dealkylation sites (N-methyl/N-ethyl adjacent to an activating group) is 1. The number of halogens is 2. The van der Waals surface area contributed by atoms with Gasteiger partial charge < -0.3 is 21.3 Å². The number of nitrogens with zero attached hydrogens (tertiary/aromatic N) is 1. The predicted molar refractivity (Wildman–Crippen MR) is 113 cm³/mol. The van der Waals surface area contributed by atoms with Crippen LogP contribution in [0.25, 0.3) is 0 Å². The van der Waals surface area contributed by atoms with Crippen LogP contribution in [-0.4, -0.2) is 48.3 Å². The highest BCUT2D eigenvalue weighted by atomic mass is 79.9. The minimum atomic E-state index is -0.954. The van der Waals surface area contributed by atoms with Gasteiger partial charge in [0.25, 0.3) is 0 Å². The molecule has 7 nitrogen and oxygen atoms in total. The van der Waals surface area contributed by atoms with E-state index < -0.39 is 23.4 Å². The number of carbonyl (C=O) groups is 3. The number of likely N-dealkylation sites (tertiary alicyclic amines) is 1. The predicted octanol–water partition coefficient (Wildman–Crippen LogP) is 1.78. The van der Waals surface area contributed by atoms with Crippen molar-refractivity contribution >= 4 is 51.7 Å². The van der Waals surface area contributed by atoms with Crippen LogP contribution in [0.3, 0.4) is 0 Å². The Hall–Kier alpha value is -1.64. The molecule has 9 heteroatoms. The number of nitrogens with two attached hydrogens (primary N) is 1. The topological polar surface area (TPSA) is 105 Å². The van der Waals surface area contributed by atoms with Gasteiger partial charge in [-0.1, -0.05) is 29.8 Å². The van der Waals surface area contributed by atoms with Crippen molar-refractivity contribution in [2.75, 3.05) is 18.9 Å². The lowest BCUT2D eigenvalue weighted by molar-refractivity contribution is -0.139. The zero-order valence-electron chi connectivity index (χ0n) is 16.1. The molecule has 0 aliphatic carbocycles. The number of primary amides is 1. The normalized spacial score (nSPS) is 24.1. The Balaban J connectivity index is 0.00000280. The molecular weight excluding hydrogens is 448 g/mol. The molecule has 0 bridgehead atoms. The molecule has 1 aromatic carbocycles. The van der Waals surface area contributed by atoms with Gasteiger partial charge in [0.15, 0.2) is 0 Å². The fourth-order valence-corrected chi connectivity index (χ4v) is 4.51. The summed E-state index contributed by atoms with van der Waals surface area (Å²) in [7, 11) is 1.73. The van der Waals surface area contributed by atoms with Gasteiger partial charge in [0, 0.05) is 16.7 Å². The number of fused-ring (bicyclic) bond motifs is 2. The molecule has 1 fully saturated rings. The highest BCUT2D eigenvalue weighted by molar-refractivity contribution is 9.10. The number of anilines is 1. The molecule has 1 spiro atoms. The van der Waals surface area contributed by atoms with Gasteiger partial charge in [-0.15, -0.1) is 12.4 Å². The molecule has 0 aromatic heterocycles. The molecule has 3 atom stereocenters. The molecule has 28 heavy (non-hydrogen) atoms. The number of hydrogen-bond donors (Lipinski definition) is 3. The molecule has 3 amide bonds. The van der Waals surface area contributed by atoms with Gasteiger partial charge in [-0.2, -0.15) is 0 Å². The third kappa shape index (κ3) is 3.77. The Morgan fingerprint density at radius 3 is 2.68 bits per heavy atom. The Morgan fingerprint density at radius 1 is 1.43 bits per heavy atom. The smallest absolute Gasteiger partial charge is 0.240 e. The molecule has 0 saturated carbocycles. The van der Waals surface area contributed by atoms with Crippen molar-refractivity contribution in [1.82, 2.24) is 10.2 Å². The Kier molecular flexibility index (Phi) is 6.78. The van der Waals surface area contributed by atoms with E-state index >= 15 is 0 Å². The molecule has 154 valence electrons. The lowest BCUT2D eigenvalue weighted by atomic mass is 9.79. The SMILES string of the molecule is CN[C@@H](CC(C)C)C(=O)N1C[C@]2(C[C@H]1C(N)=O)C(=O)Nc1ccc(Br)cc12.Cl. The third-order valence-corrected chi connectivity index (χ3v) is 6.00. The number of hydrogen-bond acceptors (Lipinski definition) is 4. The van der Waals surface area contributed by atoms with Crippen molar-refractivity contribution in [3.8, 4) is 0 Å².